The number of hydrogen-bond acceptors (Lipinski definition) is 3. The molecule has 4 nitrogen and oxygen atoms in total. The molecule has 0 N–H and O–H groups in total. The molecule has 1 amide bonds. The van der Waals surface area contributed by atoms with Crippen molar-refractivity contribution in [3.8, 4) is 11.5 Å². The predicted octanol–water partition coefficient (Wildman–Crippen LogP) is 3.52. The van der Waals surface area contributed by atoms with E-state index in [1.165, 1.54) is 17.0 Å². The summed E-state index contributed by atoms with van der Waals surface area (Å²) in [5.74, 6) is 0.479. The Balaban J connectivity index is 1.80. The van der Waals surface area contributed by atoms with Gasteiger partial charge in [0.25, 0.3) is 5.91 Å². The first kappa shape index (κ1) is 15.6. The summed E-state index contributed by atoms with van der Waals surface area (Å²) in [7, 11) is 1.60. The molecule has 0 spiro atoms. The maximum Gasteiger partial charge on any atom is 0.254 e. The van der Waals surface area contributed by atoms with Crippen LogP contribution >= 0.6 is 11.6 Å². The number of hydrogen-bond donors (Lipinski definition) is 0. The third-order valence-electron chi connectivity index (χ3n) is 3.59. The largest absolute Gasteiger partial charge is 0.486 e. The van der Waals surface area contributed by atoms with Crippen molar-refractivity contribution in [2.45, 2.75) is 6.54 Å². The number of ether oxygens (including phenoxy) is 2. The molecule has 23 heavy (non-hydrogen) atoms. The van der Waals surface area contributed by atoms with Gasteiger partial charge in [-0.1, -0.05) is 17.7 Å². The van der Waals surface area contributed by atoms with Crippen molar-refractivity contribution in [1.29, 1.82) is 0 Å². The van der Waals surface area contributed by atoms with E-state index in [0.29, 0.717) is 40.9 Å². The van der Waals surface area contributed by atoms with Crippen LogP contribution in [0.4, 0.5) is 4.39 Å². The lowest BCUT2D eigenvalue weighted by Gasteiger charge is -2.21. The molecule has 6 heteroatoms. The van der Waals surface area contributed by atoms with Crippen LogP contribution < -0.4 is 9.47 Å². The van der Waals surface area contributed by atoms with Crippen molar-refractivity contribution in [3.05, 3.63) is 58.4 Å². The highest BCUT2D eigenvalue weighted by Gasteiger charge is 2.19. The number of carbonyl (C=O) groups is 1. The van der Waals surface area contributed by atoms with E-state index in [-0.39, 0.29) is 12.5 Å². The van der Waals surface area contributed by atoms with Crippen molar-refractivity contribution < 1.29 is 18.7 Å². The van der Waals surface area contributed by atoms with Gasteiger partial charge in [-0.05, 0) is 30.3 Å². The zero-order valence-electron chi connectivity index (χ0n) is 12.5. The number of halogens is 2. The first-order valence-electron chi connectivity index (χ1n) is 7.14. The molecule has 1 aliphatic heterocycles. The maximum atomic E-state index is 13.8. The lowest BCUT2D eigenvalue weighted by molar-refractivity contribution is 0.0782. The minimum Gasteiger partial charge on any atom is -0.486 e. The number of nitrogens with zero attached hydrogens (tertiary/aromatic N) is 1. The minimum absolute atomic E-state index is 0.0821. The molecule has 0 aromatic heterocycles. The van der Waals surface area contributed by atoms with Gasteiger partial charge in [-0.25, -0.2) is 4.39 Å². The monoisotopic (exact) mass is 335 g/mol. The van der Waals surface area contributed by atoms with E-state index in [9.17, 15) is 9.18 Å². The molecule has 1 aliphatic rings. The molecule has 0 atom stereocenters. The molecule has 0 saturated heterocycles. The Morgan fingerprint density at radius 3 is 2.70 bits per heavy atom. The average Bonchev–Trinajstić information content (AvgIpc) is 2.57. The molecule has 0 fully saturated rings. The summed E-state index contributed by atoms with van der Waals surface area (Å²) in [4.78, 5) is 13.9. The highest BCUT2D eigenvalue weighted by molar-refractivity contribution is 6.31. The highest BCUT2D eigenvalue weighted by atomic mass is 35.5. The lowest BCUT2D eigenvalue weighted by Crippen LogP contribution is -2.27. The smallest absolute Gasteiger partial charge is 0.254 e. The molecule has 0 radical (unpaired) electrons. The van der Waals surface area contributed by atoms with E-state index in [2.05, 4.69) is 0 Å². The van der Waals surface area contributed by atoms with Crippen LogP contribution in [0.5, 0.6) is 11.5 Å². The summed E-state index contributed by atoms with van der Waals surface area (Å²) in [5.41, 5.74) is 0.742. The fourth-order valence-electron chi connectivity index (χ4n) is 2.39. The second-order valence-corrected chi connectivity index (χ2v) is 5.63. The Labute approximate surface area is 138 Å². The number of carbonyl (C=O) groups excluding carboxylic acids is 1. The zero-order valence-corrected chi connectivity index (χ0v) is 13.3. The standard InChI is InChI=1S/C17H15ClFNO3/c1-20(10-12-13(18)3-2-4-14(12)19)17(21)11-5-6-15-16(9-11)23-8-7-22-15/h2-6,9H,7-8,10H2,1H3. The second-order valence-electron chi connectivity index (χ2n) is 5.22. The third kappa shape index (κ3) is 3.24. The Morgan fingerprint density at radius 1 is 1.22 bits per heavy atom. The van der Waals surface area contributed by atoms with E-state index in [1.807, 2.05) is 0 Å². The van der Waals surface area contributed by atoms with Crippen LogP contribution in [-0.2, 0) is 6.54 Å². The van der Waals surface area contributed by atoms with Gasteiger partial charge in [0, 0.05) is 29.7 Å². The van der Waals surface area contributed by atoms with Crippen LogP contribution in [0.15, 0.2) is 36.4 Å². The van der Waals surface area contributed by atoms with Crippen LogP contribution in [0.25, 0.3) is 0 Å². The van der Waals surface area contributed by atoms with Crippen molar-refractivity contribution in [1.82, 2.24) is 4.90 Å². The Bertz CT molecular complexity index is 730. The van der Waals surface area contributed by atoms with E-state index in [1.54, 1.807) is 31.3 Å². The normalized spacial score (nSPS) is 12.8. The van der Waals surface area contributed by atoms with Crippen molar-refractivity contribution in [2.75, 3.05) is 20.3 Å². The molecule has 0 saturated carbocycles. The first-order valence-corrected chi connectivity index (χ1v) is 7.52. The van der Waals surface area contributed by atoms with Gasteiger partial charge in [0.1, 0.15) is 19.0 Å². The van der Waals surface area contributed by atoms with E-state index in [0.717, 1.165) is 0 Å². The van der Waals surface area contributed by atoms with Gasteiger partial charge >= 0.3 is 0 Å². The molecule has 3 rings (SSSR count). The van der Waals surface area contributed by atoms with Crippen LogP contribution in [0.2, 0.25) is 5.02 Å². The fraction of sp³-hybridized carbons (Fsp3) is 0.235. The van der Waals surface area contributed by atoms with Crippen LogP contribution in [0.3, 0.4) is 0 Å². The summed E-state index contributed by atoms with van der Waals surface area (Å²) in [6.07, 6.45) is 0. The summed E-state index contributed by atoms with van der Waals surface area (Å²) >= 11 is 6.00. The summed E-state index contributed by atoms with van der Waals surface area (Å²) in [5, 5.41) is 0.298. The lowest BCUT2D eigenvalue weighted by atomic mass is 10.1. The topological polar surface area (TPSA) is 38.8 Å². The molecular formula is C17H15ClFNO3. The zero-order chi connectivity index (χ0) is 16.4. The summed E-state index contributed by atoms with van der Waals surface area (Å²) in [6.45, 7) is 1.02. The quantitative estimate of drug-likeness (QED) is 0.861. The third-order valence-corrected chi connectivity index (χ3v) is 3.95. The van der Waals surface area contributed by atoms with Gasteiger partial charge in [-0.3, -0.25) is 4.79 Å². The van der Waals surface area contributed by atoms with Gasteiger partial charge in [-0.2, -0.15) is 0 Å². The van der Waals surface area contributed by atoms with Gasteiger partial charge in [-0.15, -0.1) is 0 Å². The van der Waals surface area contributed by atoms with Gasteiger partial charge in [0.05, 0.1) is 0 Å². The van der Waals surface area contributed by atoms with Crippen molar-refractivity contribution in [3.63, 3.8) is 0 Å². The number of amides is 1. The van der Waals surface area contributed by atoms with E-state index < -0.39 is 5.82 Å². The van der Waals surface area contributed by atoms with Gasteiger partial charge < -0.3 is 14.4 Å². The molecule has 2 aromatic rings. The number of benzene rings is 2. The first-order chi connectivity index (χ1) is 11.1. The molecule has 2 aromatic carbocycles. The summed E-state index contributed by atoms with van der Waals surface area (Å²) < 4.78 is 24.7. The Kier molecular flexibility index (Phi) is 4.39. The Morgan fingerprint density at radius 2 is 1.96 bits per heavy atom. The summed E-state index contributed by atoms with van der Waals surface area (Å²) in [6, 6.07) is 9.45. The number of rotatable bonds is 3. The molecule has 120 valence electrons. The van der Waals surface area contributed by atoms with Crippen molar-refractivity contribution >= 4 is 17.5 Å². The van der Waals surface area contributed by atoms with Gasteiger partial charge in [0.15, 0.2) is 11.5 Å². The molecule has 0 unspecified atom stereocenters. The molecular weight excluding hydrogens is 321 g/mol. The van der Waals surface area contributed by atoms with E-state index in [4.69, 9.17) is 21.1 Å². The highest BCUT2D eigenvalue weighted by Crippen LogP contribution is 2.31. The second kappa shape index (κ2) is 6.46. The van der Waals surface area contributed by atoms with E-state index >= 15 is 0 Å². The molecule has 0 bridgehead atoms. The molecule has 0 aliphatic carbocycles. The number of fused-ring (bicyclic) bond motifs is 1. The van der Waals surface area contributed by atoms with Gasteiger partial charge in [0.2, 0.25) is 0 Å². The molecule has 1 heterocycles. The predicted molar refractivity (Wildman–Crippen MR) is 84.6 cm³/mol. The maximum absolute atomic E-state index is 13.8. The van der Waals surface area contributed by atoms with Crippen LogP contribution in [0.1, 0.15) is 15.9 Å². The fourth-order valence-corrected chi connectivity index (χ4v) is 2.61. The Hall–Kier alpha value is -2.27. The van der Waals surface area contributed by atoms with Crippen LogP contribution in [0, 0.1) is 5.82 Å². The van der Waals surface area contributed by atoms with Crippen LogP contribution in [-0.4, -0.2) is 31.1 Å². The average molecular weight is 336 g/mol. The minimum atomic E-state index is -0.431. The SMILES string of the molecule is CN(Cc1c(F)cccc1Cl)C(=O)c1ccc2c(c1)OCCO2. The van der Waals surface area contributed by atoms with Crippen molar-refractivity contribution in [2.24, 2.45) is 0 Å².